The number of rotatable bonds is 6. The first-order chi connectivity index (χ1) is 28.2. The van der Waals surface area contributed by atoms with Crippen molar-refractivity contribution in [3.8, 4) is 67.5 Å². The van der Waals surface area contributed by atoms with Crippen LogP contribution in [0, 0.1) is 0 Å². The predicted octanol–water partition coefficient (Wildman–Crippen LogP) is 14.1. The topological polar surface area (TPSA) is 51.8 Å². The van der Waals surface area contributed by atoms with Crippen LogP contribution < -0.4 is 0 Å². The summed E-state index contributed by atoms with van der Waals surface area (Å²) < 4.78 is 6.71. The maximum absolute atomic E-state index is 6.71. The first-order valence-corrected chi connectivity index (χ1v) is 19.2. The largest absolute Gasteiger partial charge is 0.456 e. The fourth-order valence-electron chi connectivity index (χ4n) is 8.20. The highest BCUT2D eigenvalue weighted by molar-refractivity contribution is 6.25. The lowest BCUT2D eigenvalue weighted by molar-refractivity contribution is 0.669. The Morgan fingerprint density at radius 3 is 1.44 bits per heavy atom. The molecule has 0 amide bonds. The monoisotopic (exact) mass is 727 g/mol. The molecule has 2 heterocycles. The van der Waals surface area contributed by atoms with Crippen molar-refractivity contribution in [2.45, 2.75) is 0 Å². The lowest BCUT2D eigenvalue weighted by atomic mass is 9.92. The van der Waals surface area contributed by atoms with Crippen molar-refractivity contribution in [2.75, 3.05) is 0 Å². The minimum absolute atomic E-state index is 0.602. The standard InChI is InChI=1S/C53H33N3O/c1-3-14-39(15-4-1)51-54-52(40-16-5-2-6-17-40)56-53(55-51)45-23-12-24-47-50(45)49-44-21-10-9-20-43(44)46(33-48(49)57-47)38-31-27-35(28-32-38)34-25-29-37(30-26-34)42-22-11-18-36-13-7-8-19-41(36)42/h1-33H. The third-order valence-electron chi connectivity index (χ3n) is 11.0. The van der Waals surface area contributed by atoms with E-state index in [0.717, 1.165) is 60.5 Å². The molecule has 0 aliphatic heterocycles. The molecule has 0 radical (unpaired) electrons. The molecule has 0 unspecified atom stereocenters. The van der Waals surface area contributed by atoms with E-state index in [2.05, 4.69) is 127 Å². The van der Waals surface area contributed by atoms with Gasteiger partial charge in [0.2, 0.25) is 0 Å². The molecule has 0 saturated heterocycles. The van der Waals surface area contributed by atoms with Crippen molar-refractivity contribution >= 4 is 43.5 Å². The van der Waals surface area contributed by atoms with Crippen LogP contribution in [0.2, 0.25) is 0 Å². The molecule has 0 aliphatic rings. The SMILES string of the molecule is c1ccc(-c2nc(-c3ccccc3)nc(-c3cccc4oc5cc(-c6ccc(-c7ccc(-c8cccc9ccccc89)cc7)cc6)c6ccccc6c5c34)n2)cc1. The van der Waals surface area contributed by atoms with Crippen LogP contribution in [-0.2, 0) is 0 Å². The van der Waals surface area contributed by atoms with Gasteiger partial charge in [-0.1, -0.05) is 188 Å². The molecule has 266 valence electrons. The summed E-state index contributed by atoms with van der Waals surface area (Å²) in [6.45, 7) is 0. The number of aromatic nitrogens is 3. The second-order valence-electron chi connectivity index (χ2n) is 14.3. The highest BCUT2D eigenvalue weighted by Crippen LogP contribution is 2.43. The van der Waals surface area contributed by atoms with Crippen LogP contribution in [0.25, 0.3) is 111 Å². The van der Waals surface area contributed by atoms with Gasteiger partial charge in [-0.2, -0.15) is 0 Å². The highest BCUT2D eigenvalue weighted by Gasteiger charge is 2.21. The molecule has 4 nitrogen and oxygen atoms in total. The van der Waals surface area contributed by atoms with E-state index in [4.69, 9.17) is 19.4 Å². The highest BCUT2D eigenvalue weighted by atomic mass is 16.3. The van der Waals surface area contributed by atoms with E-state index >= 15 is 0 Å². The van der Waals surface area contributed by atoms with E-state index in [1.807, 2.05) is 72.8 Å². The van der Waals surface area contributed by atoms with Crippen LogP contribution in [0.15, 0.2) is 205 Å². The van der Waals surface area contributed by atoms with Gasteiger partial charge in [0.1, 0.15) is 11.2 Å². The average molecular weight is 728 g/mol. The Balaban J connectivity index is 1.01. The van der Waals surface area contributed by atoms with Crippen molar-refractivity contribution in [1.82, 2.24) is 15.0 Å². The Kier molecular flexibility index (Phi) is 7.78. The van der Waals surface area contributed by atoms with E-state index in [1.165, 1.54) is 33.0 Å². The summed E-state index contributed by atoms with van der Waals surface area (Å²) in [5.74, 6) is 1.85. The molecule has 0 spiro atoms. The zero-order valence-electron chi connectivity index (χ0n) is 30.8. The van der Waals surface area contributed by atoms with Crippen molar-refractivity contribution in [1.29, 1.82) is 0 Å². The molecule has 57 heavy (non-hydrogen) atoms. The minimum Gasteiger partial charge on any atom is -0.456 e. The number of hydrogen-bond donors (Lipinski definition) is 0. The van der Waals surface area contributed by atoms with Crippen molar-refractivity contribution in [3.63, 3.8) is 0 Å². The van der Waals surface area contributed by atoms with Gasteiger partial charge in [-0.3, -0.25) is 0 Å². The normalized spacial score (nSPS) is 11.5. The first-order valence-electron chi connectivity index (χ1n) is 19.2. The third kappa shape index (κ3) is 5.74. The molecule has 0 fully saturated rings. The summed E-state index contributed by atoms with van der Waals surface area (Å²) in [7, 11) is 0. The van der Waals surface area contributed by atoms with Gasteiger partial charge in [0.15, 0.2) is 17.5 Å². The number of hydrogen-bond acceptors (Lipinski definition) is 4. The summed E-state index contributed by atoms with van der Waals surface area (Å²) >= 11 is 0. The van der Waals surface area contributed by atoms with Gasteiger partial charge >= 0.3 is 0 Å². The van der Waals surface area contributed by atoms with Crippen LogP contribution in [0.4, 0.5) is 0 Å². The molecule has 0 N–H and O–H groups in total. The molecule has 4 heteroatoms. The van der Waals surface area contributed by atoms with Crippen LogP contribution in [0.5, 0.6) is 0 Å². The zero-order chi connectivity index (χ0) is 37.7. The molecule has 0 aliphatic carbocycles. The predicted molar refractivity (Wildman–Crippen MR) is 235 cm³/mol. The Bertz CT molecular complexity index is 3200. The number of nitrogens with zero attached hydrogens (tertiary/aromatic N) is 3. The fourth-order valence-corrected chi connectivity index (χ4v) is 8.20. The maximum atomic E-state index is 6.71. The lowest BCUT2D eigenvalue weighted by Crippen LogP contribution is -2.00. The summed E-state index contributed by atoms with van der Waals surface area (Å²) in [5, 5.41) is 6.82. The molecule has 0 saturated carbocycles. The minimum atomic E-state index is 0.602. The van der Waals surface area contributed by atoms with Crippen LogP contribution in [0.1, 0.15) is 0 Å². The molecule has 0 bridgehead atoms. The lowest BCUT2D eigenvalue weighted by Gasteiger charge is -2.11. The molecular formula is C53H33N3O. The van der Waals surface area contributed by atoms with E-state index in [-0.39, 0.29) is 0 Å². The van der Waals surface area contributed by atoms with Crippen LogP contribution in [0.3, 0.4) is 0 Å². The summed E-state index contributed by atoms with van der Waals surface area (Å²) in [4.78, 5) is 15.1. The van der Waals surface area contributed by atoms with E-state index in [1.54, 1.807) is 0 Å². The van der Waals surface area contributed by atoms with Gasteiger partial charge in [-0.05, 0) is 67.1 Å². The number of fused-ring (bicyclic) bond motifs is 6. The van der Waals surface area contributed by atoms with Crippen molar-refractivity contribution in [3.05, 3.63) is 200 Å². The first kappa shape index (κ1) is 32.7. The van der Waals surface area contributed by atoms with Gasteiger partial charge in [0.25, 0.3) is 0 Å². The van der Waals surface area contributed by atoms with Gasteiger partial charge < -0.3 is 4.42 Å². The molecule has 11 rings (SSSR count). The third-order valence-corrected chi connectivity index (χ3v) is 11.0. The Hall–Kier alpha value is -7.69. The van der Waals surface area contributed by atoms with Crippen LogP contribution in [-0.4, -0.2) is 15.0 Å². The van der Waals surface area contributed by atoms with Gasteiger partial charge in [-0.25, -0.2) is 15.0 Å². The smallest absolute Gasteiger partial charge is 0.164 e. The van der Waals surface area contributed by atoms with Crippen molar-refractivity contribution in [2.24, 2.45) is 0 Å². The second-order valence-corrected chi connectivity index (χ2v) is 14.3. The summed E-state index contributed by atoms with van der Waals surface area (Å²) in [6, 6.07) is 69.9. The zero-order valence-corrected chi connectivity index (χ0v) is 30.8. The molecular weight excluding hydrogens is 695 g/mol. The quantitative estimate of drug-likeness (QED) is 0.171. The van der Waals surface area contributed by atoms with Gasteiger partial charge in [0, 0.05) is 27.5 Å². The van der Waals surface area contributed by atoms with Gasteiger partial charge in [0.05, 0.1) is 0 Å². The van der Waals surface area contributed by atoms with E-state index < -0.39 is 0 Å². The fraction of sp³-hybridized carbons (Fsp3) is 0. The summed E-state index contributed by atoms with van der Waals surface area (Å²) in [5.41, 5.74) is 11.4. The molecule has 0 atom stereocenters. The Morgan fingerprint density at radius 2 is 0.772 bits per heavy atom. The Labute approximate surface area is 329 Å². The number of furan rings is 1. The Morgan fingerprint density at radius 1 is 0.281 bits per heavy atom. The summed E-state index contributed by atoms with van der Waals surface area (Å²) in [6.07, 6.45) is 0. The van der Waals surface area contributed by atoms with E-state index in [0.29, 0.717) is 17.5 Å². The average Bonchev–Trinajstić information content (AvgIpc) is 3.68. The van der Waals surface area contributed by atoms with Crippen molar-refractivity contribution < 1.29 is 4.42 Å². The van der Waals surface area contributed by atoms with E-state index in [9.17, 15) is 0 Å². The second kappa shape index (κ2) is 13.6. The maximum Gasteiger partial charge on any atom is 0.164 e. The molecule has 11 aromatic rings. The van der Waals surface area contributed by atoms with Crippen LogP contribution >= 0.6 is 0 Å². The molecule has 9 aromatic carbocycles. The number of benzene rings is 9. The van der Waals surface area contributed by atoms with Gasteiger partial charge in [-0.15, -0.1) is 0 Å². The molecule has 2 aromatic heterocycles.